The first-order valence-corrected chi connectivity index (χ1v) is 18.4. The number of rotatable bonds is 2. The summed E-state index contributed by atoms with van der Waals surface area (Å²) >= 11 is 0. The van der Waals surface area contributed by atoms with Gasteiger partial charge in [0.05, 0.1) is 33.8 Å². The van der Waals surface area contributed by atoms with Gasteiger partial charge < -0.3 is 9.47 Å². The number of allylic oxidation sites excluding steroid dienone is 4. The van der Waals surface area contributed by atoms with E-state index in [0.717, 1.165) is 18.1 Å². The first-order chi connectivity index (χ1) is 25.5. The Hall–Kier alpha value is -6.13. The van der Waals surface area contributed by atoms with Crippen molar-refractivity contribution in [3.05, 3.63) is 174 Å². The van der Waals surface area contributed by atoms with Crippen molar-refractivity contribution < 1.29 is 0 Å². The summed E-state index contributed by atoms with van der Waals surface area (Å²) in [4.78, 5) is 7.99. The van der Waals surface area contributed by atoms with Crippen LogP contribution in [-0.4, -0.2) is 27.0 Å². The molecule has 0 amide bonds. The molecule has 4 heterocycles. The quantitative estimate of drug-likeness (QED) is 0.180. The van der Waals surface area contributed by atoms with Crippen molar-refractivity contribution in [1.82, 2.24) is 14.0 Å². The average Bonchev–Trinajstić information content (AvgIpc) is 3.70. The van der Waals surface area contributed by atoms with Crippen molar-refractivity contribution in [3.8, 4) is 5.69 Å². The minimum atomic E-state index is -0.208. The lowest BCUT2D eigenvalue weighted by atomic mass is 9.74. The van der Waals surface area contributed by atoms with Gasteiger partial charge in [-0.25, -0.2) is 4.99 Å². The van der Waals surface area contributed by atoms with E-state index in [2.05, 4.69) is 187 Å². The number of hydrogen-bond acceptors (Lipinski definition) is 2. The van der Waals surface area contributed by atoms with Gasteiger partial charge in [-0.05, 0) is 64.2 Å². The van der Waals surface area contributed by atoms with Gasteiger partial charge in [-0.1, -0.05) is 135 Å². The minimum absolute atomic E-state index is 0.0346. The summed E-state index contributed by atoms with van der Waals surface area (Å²) < 4.78 is 4.99. The normalized spacial score (nSPS) is 19.2. The zero-order valence-corrected chi connectivity index (χ0v) is 29.6. The Morgan fingerprint density at radius 2 is 1.44 bits per heavy atom. The highest BCUT2D eigenvalue weighted by molar-refractivity contribution is 6.24. The second-order valence-corrected chi connectivity index (χ2v) is 15.2. The average molecular weight is 671 g/mol. The molecule has 2 aliphatic heterocycles. The van der Waals surface area contributed by atoms with Gasteiger partial charge in [0.1, 0.15) is 0 Å². The highest BCUT2D eigenvalue weighted by Crippen LogP contribution is 2.50. The lowest BCUT2D eigenvalue weighted by Crippen LogP contribution is -2.38. The number of aliphatic imine (C=N–C) groups is 1. The maximum absolute atomic E-state index is 5.61. The molecule has 2 aromatic heterocycles. The fourth-order valence-corrected chi connectivity index (χ4v) is 9.45. The molecule has 6 aromatic carbocycles. The Morgan fingerprint density at radius 1 is 0.654 bits per heavy atom. The monoisotopic (exact) mass is 670 g/mol. The maximum atomic E-state index is 5.61. The molecule has 0 spiro atoms. The molecule has 0 fully saturated rings. The third kappa shape index (κ3) is 3.95. The SMILES string of the molecule is CN1C(n2c3cc4c(cc3c3c5ccccc5ccc32)C(C)(C)c2cccc3c5ccccc5n-4c23)=NC(C2C=CC=CC2)=CC1c1ccccc1. The van der Waals surface area contributed by atoms with Gasteiger partial charge in [0.25, 0.3) is 0 Å². The Kier molecular flexibility index (Phi) is 6.08. The van der Waals surface area contributed by atoms with Crippen LogP contribution in [0.4, 0.5) is 0 Å². The summed E-state index contributed by atoms with van der Waals surface area (Å²) in [6.45, 7) is 4.80. The van der Waals surface area contributed by atoms with Crippen LogP contribution in [0.5, 0.6) is 0 Å². The van der Waals surface area contributed by atoms with Gasteiger partial charge in [0, 0.05) is 45.6 Å². The molecule has 4 heteroatoms. The zero-order valence-electron chi connectivity index (χ0n) is 29.6. The van der Waals surface area contributed by atoms with Gasteiger partial charge >= 0.3 is 0 Å². The number of aromatic nitrogens is 2. The van der Waals surface area contributed by atoms with Crippen LogP contribution >= 0.6 is 0 Å². The van der Waals surface area contributed by atoms with Crippen molar-refractivity contribution in [2.24, 2.45) is 10.9 Å². The topological polar surface area (TPSA) is 25.5 Å². The molecule has 52 heavy (non-hydrogen) atoms. The predicted octanol–water partition coefficient (Wildman–Crippen LogP) is 11.6. The molecule has 2 atom stereocenters. The van der Waals surface area contributed by atoms with Crippen LogP contribution in [0.15, 0.2) is 162 Å². The molecule has 1 aliphatic carbocycles. The van der Waals surface area contributed by atoms with Crippen LogP contribution in [-0.2, 0) is 5.41 Å². The van der Waals surface area contributed by atoms with Crippen molar-refractivity contribution in [2.75, 3.05) is 7.05 Å². The van der Waals surface area contributed by atoms with Crippen LogP contribution < -0.4 is 0 Å². The van der Waals surface area contributed by atoms with E-state index in [1.165, 1.54) is 76.8 Å². The van der Waals surface area contributed by atoms with Crippen molar-refractivity contribution in [1.29, 1.82) is 0 Å². The fourth-order valence-electron chi connectivity index (χ4n) is 9.45. The first-order valence-electron chi connectivity index (χ1n) is 18.4. The summed E-state index contributed by atoms with van der Waals surface area (Å²) in [5.41, 5.74) is 11.0. The van der Waals surface area contributed by atoms with E-state index in [1.807, 2.05) is 0 Å². The summed E-state index contributed by atoms with van der Waals surface area (Å²) in [6.07, 6.45) is 12.2. The zero-order chi connectivity index (χ0) is 34.7. The molecule has 11 rings (SSSR count). The standard InChI is InChI=1S/C48H38N4/c1-48(2)37-23-14-22-35-34-21-12-13-24-40(34)51(46(35)37)44-29-43-36(27-38(44)48)45-33-20-11-10-15-30(33)25-26-41(45)52(43)47-49-39(31-16-6-4-7-17-31)28-42(50(47)3)32-18-8-5-9-19-32/h4-16,18-29,31,42H,17H2,1-3H3. The lowest BCUT2D eigenvalue weighted by Gasteiger charge is -2.36. The number of hydrogen-bond donors (Lipinski definition) is 0. The molecular formula is C48H38N4. The Morgan fingerprint density at radius 3 is 2.29 bits per heavy atom. The predicted molar refractivity (Wildman–Crippen MR) is 218 cm³/mol. The number of nitrogens with zero attached hydrogens (tertiary/aromatic N) is 4. The number of fused-ring (bicyclic) bond motifs is 10. The molecule has 8 aromatic rings. The first kappa shape index (κ1) is 29.6. The molecule has 3 aliphatic rings. The van der Waals surface area contributed by atoms with Crippen LogP contribution in [0, 0.1) is 5.92 Å². The maximum Gasteiger partial charge on any atom is 0.211 e. The molecule has 250 valence electrons. The number of para-hydroxylation sites is 2. The molecule has 0 saturated heterocycles. The van der Waals surface area contributed by atoms with Gasteiger partial charge in [0.2, 0.25) is 5.96 Å². The molecule has 0 saturated carbocycles. The molecule has 2 unspecified atom stereocenters. The molecule has 0 N–H and O–H groups in total. The number of likely N-dealkylation sites (N-methyl/N-ethyl adjacent to an activating group) is 1. The van der Waals surface area contributed by atoms with E-state index in [1.54, 1.807) is 0 Å². The minimum Gasteiger partial charge on any atom is -0.334 e. The second kappa shape index (κ2) is 10.7. The lowest BCUT2D eigenvalue weighted by molar-refractivity contribution is 0.412. The van der Waals surface area contributed by atoms with Gasteiger partial charge in [-0.2, -0.15) is 0 Å². The Balaban J connectivity index is 1.27. The van der Waals surface area contributed by atoms with Crippen molar-refractivity contribution in [3.63, 3.8) is 0 Å². The van der Waals surface area contributed by atoms with Gasteiger partial charge in [-0.15, -0.1) is 0 Å². The molecular weight excluding hydrogens is 633 g/mol. The fraction of sp³-hybridized carbons (Fsp3) is 0.146. The van der Waals surface area contributed by atoms with E-state index < -0.39 is 0 Å². The number of benzene rings is 6. The largest absolute Gasteiger partial charge is 0.334 e. The van der Waals surface area contributed by atoms with Crippen LogP contribution in [0.1, 0.15) is 43.0 Å². The molecule has 0 bridgehead atoms. The van der Waals surface area contributed by atoms with Gasteiger partial charge in [0.15, 0.2) is 0 Å². The highest BCUT2D eigenvalue weighted by Gasteiger charge is 2.37. The molecule has 0 radical (unpaired) electrons. The summed E-state index contributed by atoms with van der Waals surface area (Å²) in [7, 11) is 2.21. The van der Waals surface area contributed by atoms with Crippen LogP contribution in [0.2, 0.25) is 0 Å². The summed E-state index contributed by atoms with van der Waals surface area (Å²) in [5, 5.41) is 7.65. The summed E-state index contributed by atoms with van der Waals surface area (Å²) in [6, 6.07) is 45.1. The third-order valence-corrected chi connectivity index (χ3v) is 12.0. The van der Waals surface area contributed by atoms with E-state index in [4.69, 9.17) is 4.99 Å². The molecule has 4 nitrogen and oxygen atoms in total. The summed E-state index contributed by atoms with van der Waals surface area (Å²) in [5.74, 6) is 1.17. The Bertz CT molecular complexity index is 2930. The second-order valence-electron chi connectivity index (χ2n) is 15.2. The van der Waals surface area contributed by atoms with E-state index >= 15 is 0 Å². The highest BCUT2D eigenvalue weighted by atomic mass is 15.3. The Labute approximate surface area is 302 Å². The van der Waals surface area contributed by atoms with E-state index in [9.17, 15) is 0 Å². The van der Waals surface area contributed by atoms with E-state index in [0.29, 0.717) is 0 Å². The third-order valence-electron chi connectivity index (χ3n) is 12.0. The van der Waals surface area contributed by atoms with E-state index in [-0.39, 0.29) is 17.4 Å². The van der Waals surface area contributed by atoms with Crippen molar-refractivity contribution >= 4 is 60.3 Å². The van der Waals surface area contributed by atoms with Crippen LogP contribution in [0.3, 0.4) is 0 Å². The van der Waals surface area contributed by atoms with Crippen molar-refractivity contribution in [2.45, 2.75) is 31.7 Å². The van der Waals surface area contributed by atoms with Gasteiger partial charge in [-0.3, -0.25) is 4.57 Å². The smallest absolute Gasteiger partial charge is 0.211 e. The van der Waals surface area contributed by atoms with Crippen LogP contribution in [0.25, 0.3) is 60.1 Å².